The molecule has 16 heavy (non-hydrogen) atoms. The summed E-state index contributed by atoms with van der Waals surface area (Å²) in [6, 6.07) is 10.5. The second-order valence-electron chi connectivity index (χ2n) is 4.44. The molecule has 1 aliphatic rings. The van der Waals surface area contributed by atoms with E-state index in [1.165, 1.54) is 31.2 Å². The first-order valence-corrected chi connectivity index (χ1v) is 6.31. The number of benzene rings is 1. The summed E-state index contributed by atoms with van der Waals surface area (Å²) in [6.45, 7) is 3.04. The Bertz CT molecular complexity index is 280. The van der Waals surface area contributed by atoms with E-state index in [1.807, 2.05) is 0 Å². The minimum atomic E-state index is 0.540. The molecule has 2 rings (SSSR count). The number of hydrogen-bond acceptors (Lipinski definition) is 2. The van der Waals surface area contributed by atoms with Crippen molar-refractivity contribution in [2.45, 2.75) is 38.3 Å². The molecule has 0 amide bonds. The first-order chi connectivity index (χ1) is 7.95. The predicted octanol–water partition coefficient (Wildman–Crippen LogP) is 2.74. The predicted molar refractivity (Wildman–Crippen MR) is 66.4 cm³/mol. The van der Waals surface area contributed by atoms with Crippen molar-refractivity contribution in [2.75, 3.05) is 13.2 Å². The lowest BCUT2D eigenvalue weighted by molar-refractivity contribution is 0.102. The fourth-order valence-corrected chi connectivity index (χ4v) is 2.16. The SMILES string of the molecule is c1ccc(CNCCCC2CCCO2)cc1. The standard InChI is InChI=1S/C14H21NO/c1-2-6-13(7-3-1)12-15-10-4-8-14-9-5-11-16-14/h1-3,6-7,14-15H,4-5,8-12H2. The van der Waals surface area contributed by atoms with E-state index in [4.69, 9.17) is 4.74 Å². The Morgan fingerprint density at radius 2 is 2.12 bits per heavy atom. The normalized spacial score (nSPS) is 20.1. The molecule has 2 nitrogen and oxygen atoms in total. The first-order valence-electron chi connectivity index (χ1n) is 6.31. The molecule has 0 saturated carbocycles. The van der Waals surface area contributed by atoms with Crippen molar-refractivity contribution >= 4 is 0 Å². The fraction of sp³-hybridized carbons (Fsp3) is 0.571. The van der Waals surface area contributed by atoms with Crippen LogP contribution in [-0.4, -0.2) is 19.3 Å². The number of rotatable bonds is 6. The maximum absolute atomic E-state index is 5.59. The van der Waals surface area contributed by atoms with Gasteiger partial charge in [0.25, 0.3) is 0 Å². The fourth-order valence-electron chi connectivity index (χ4n) is 2.16. The second kappa shape index (κ2) is 6.66. The lowest BCUT2D eigenvalue weighted by atomic mass is 10.1. The maximum atomic E-state index is 5.59. The summed E-state index contributed by atoms with van der Waals surface area (Å²) in [7, 11) is 0. The van der Waals surface area contributed by atoms with Crippen LogP contribution in [-0.2, 0) is 11.3 Å². The molecular weight excluding hydrogens is 198 g/mol. The lowest BCUT2D eigenvalue weighted by Crippen LogP contribution is -2.16. The van der Waals surface area contributed by atoms with Gasteiger partial charge in [-0.3, -0.25) is 0 Å². The van der Waals surface area contributed by atoms with Crippen molar-refractivity contribution in [3.63, 3.8) is 0 Å². The molecule has 0 spiro atoms. The van der Waals surface area contributed by atoms with Gasteiger partial charge in [-0.2, -0.15) is 0 Å². The molecule has 0 bridgehead atoms. The van der Waals surface area contributed by atoms with Crippen LogP contribution in [0, 0.1) is 0 Å². The van der Waals surface area contributed by atoms with Gasteiger partial charge in [-0.25, -0.2) is 0 Å². The third kappa shape index (κ3) is 3.95. The molecule has 0 aliphatic carbocycles. The van der Waals surface area contributed by atoms with E-state index in [0.29, 0.717) is 6.10 Å². The smallest absolute Gasteiger partial charge is 0.0576 e. The van der Waals surface area contributed by atoms with Gasteiger partial charge in [0.05, 0.1) is 6.10 Å². The van der Waals surface area contributed by atoms with Crippen molar-refractivity contribution in [2.24, 2.45) is 0 Å². The highest BCUT2D eigenvalue weighted by Crippen LogP contribution is 2.16. The van der Waals surface area contributed by atoms with E-state index in [1.54, 1.807) is 0 Å². The van der Waals surface area contributed by atoms with E-state index in [9.17, 15) is 0 Å². The summed E-state index contributed by atoms with van der Waals surface area (Å²) < 4.78 is 5.59. The van der Waals surface area contributed by atoms with Crippen molar-refractivity contribution in [3.05, 3.63) is 35.9 Å². The Labute approximate surface area is 98.0 Å². The average molecular weight is 219 g/mol. The average Bonchev–Trinajstić information content (AvgIpc) is 2.83. The molecule has 1 unspecified atom stereocenters. The molecule has 1 fully saturated rings. The van der Waals surface area contributed by atoms with Crippen LogP contribution in [0.5, 0.6) is 0 Å². The van der Waals surface area contributed by atoms with Crippen LogP contribution in [0.1, 0.15) is 31.2 Å². The molecule has 1 aromatic rings. The van der Waals surface area contributed by atoms with E-state index >= 15 is 0 Å². The van der Waals surface area contributed by atoms with Gasteiger partial charge in [0.15, 0.2) is 0 Å². The molecule has 1 aliphatic heterocycles. The third-order valence-corrected chi connectivity index (χ3v) is 3.08. The van der Waals surface area contributed by atoms with Gasteiger partial charge in [-0.15, -0.1) is 0 Å². The Kier molecular flexibility index (Phi) is 4.84. The Morgan fingerprint density at radius 1 is 1.25 bits per heavy atom. The van der Waals surface area contributed by atoms with Crippen molar-refractivity contribution in [1.82, 2.24) is 5.32 Å². The number of ether oxygens (including phenoxy) is 1. The van der Waals surface area contributed by atoms with Gasteiger partial charge in [-0.1, -0.05) is 30.3 Å². The second-order valence-corrected chi connectivity index (χ2v) is 4.44. The Hall–Kier alpha value is -0.860. The van der Waals surface area contributed by atoms with Gasteiger partial charge in [0.1, 0.15) is 0 Å². The number of nitrogens with one attached hydrogen (secondary N) is 1. The molecule has 1 atom stereocenters. The molecule has 2 heteroatoms. The third-order valence-electron chi connectivity index (χ3n) is 3.08. The largest absolute Gasteiger partial charge is 0.378 e. The highest BCUT2D eigenvalue weighted by Gasteiger charge is 2.14. The topological polar surface area (TPSA) is 21.3 Å². The van der Waals surface area contributed by atoms with Crippen LogP contribution in [0.15, 0.2) is 30.3 Å². The van der Waals surface area contributed by atoms with Gasteiger partial charge >= 0.3 is 0 Å². The van der Waals surface area contributed by atoms with E-state index in [-0.39, 0.29) is 0 Å². The van der Waals surface area contributed by atoms with Crippen LogP contribution in [0.25, 0.3) is 0 Å². The molecular formula is C14H21NO. The minimum Gasteiger partial charge on any atom is -0.378 e. The van der Waals surface area contributed by atoms with Gasteiger partial charge < -0.3 is 10.1 Å². The van der Waals surface area contributed by atoms with Crippen LogP contribution >= 0.6 is 0 Å². The first kappa shape index (κ1) is 11.6. The molecule has 0 radical (unpaired) electrons. The van der Waals surface area contributed by atoms with E-state index in [2.05, 4.69) is 35.6 Å². The summed E-state index contributed by atoms with van der Waals surface area (Å²) >= 11 is 0. The highest BCUT2D eigenvalue weighted by molar-refractivity contribution is 5.14. The van der Waals surface area contributed by atoms with Crippen LogP contribution in [0.2, 0.25) is 0 Å². The van der Waals surface area contributed by atoms with Crippen LogP contribution in [0.4, 0.5) is 0 Å². The molecule has 1 N–H and O–H groups in total. The summed E-state index contributed by atoms with van der Waals surface area (Å²) in [5.41, 5.74) is 1.36. The van der Waals surface area contributed by atoms with Crippen molar-refractivity contribution in [3.8, 4) is 0 Å². The zero-order valence-electron chi connectivity index (χ0n) is 9.82. The van der Waals surface area contributed by atoms with Crippen molar-refractivity contribution < 1.29 is 4.74 Å². The Balaban J connectivity index is 1.52. The zero-order chi connectivity index (χ0) is 11.1. The quantitative estimate of drug-likeness (QED) is 0.743. The van der Waals surface area contributed by atoms with E-state index < -0.39 is 0 Å². The van der Waals surface area contributed by atoms with Crippen LogP contribution in [0.3, 0.4) is 0 Å². The monoisotopic (exact) mass is 219 g/mol. The summed E-state index contributed by atoms with van der Waals surface area (Å²) in [6.07, 6.45) is 5.48. The van der Waals surface area contributed by atoms with Crippen LogP contribution < -0.4 is 5.32 Å². The van der Waals surface area contributed by atoms with Gasteiger partial charge in [-0.05, 0) is 37.8 Å². The maximum Gasteiger partial charge on any atom is 0.0576 e. The highest BCUT2D eigenvalue weighted by atomic mass is 16.5. The van der Waals surface area contributed by atoms with Gasteiger partial charge in [0, 0.05) is 13.2 Å². The van der Waals surface area contributed by atoms with E-state index in [0.717, 1.165) is 19.7 Å². The molecule has 88 valence electrons. The molecule has 1 heterocycles. The summed E-state index contributed by atoms with van der Waals surface area (Å²) in [5, 5.41) is 3.47. The molecule has 1 saturated heterocycles. The lowest BCUT2D eigenvalue weighted by Gasteiger charge is -2.09. The Morgan fingerprint density at radius 3 is 2.88 bits per heavy atom. The molecule has 1 aromatic carbocycles. The van der Waals surface area contributed by atoms with Crippen molar-refractivity contribution in [1.29, 1.82) is 0 Å². The van der Waals surface area contributed by atoms with Gasteiger partial charge in [0.2, 0.25) is 0 Å². The molecule has 0 aromatic heterocycles. The number of hydrogen-bond donors (Lipinski definition) is 1. The summed E-state index contributed by atoms with van der Waals surface area (Å²) in [4.78, 5) is 0. The summed E-state index contributed by atoms with van der Waals surface area (Å²) in [5.74, 6) is 0. The minimum absolute atomic E-state index is 0.540. The zero-order valence-corrected chi connectivity index (χ0v) is 9.82.